The molecule has 2 aromatic carbocycles. The van der Waals surface area contributed by atoms with E-state index in [9.17, 15) is 0 Å². The molecule has 1 heterocycles. The van der Waals surface area contributed by atoms with Gasteiger partial charge >= 0.3 is 0 Å². The van der Waals surface area contributed by atoms with Crippen LogP contribution in [0.1, 0.15) is 57.9 Å². The van der Waals surface area contributed by atoms with E-state index in [2.05, 4.69) is 67.8 Å². The van der Waals surface area contributed by atoms with Gasteiger partial charge in [-0.1, -0.05) is 70.2 Å². The molecule has 3 rings (SSSR count). The maximum atomic E-state index is 5.86. The maximum Gasteiger partial charge on any atom is 0.124 e. The number of unbranched alkanes of at least 4 members (excludes halogenated alkanes) is 4. The molecule has 0 spiro atoms. The molecular formula is C25H31NOS. The molecule has 0 bridgehead atoms. The van der Waals surface area contributed by atoms with Crippen molar-refractivity contribution >= 4 is 11.3 Å². The third kappa shape index (κ3) is 5.93. The van der Waals surface area contributed by atoms with Gasteiger partial charge in [-0.2, -0.15) is 0 Å². The van der Waals surface area contributed by atoms with Crippen LogP contribution in [0.15, 0.2) is 53.9 Å². The largest absolute Gasteiger partial charge is 0.494 e. The summed E-state index contributed by atoms with van der Waals surface area (Å²) in [6, 6.07) is 17.1. The van der Waals surface area contributed by atoms with Crippen molar-refractivity contribution < 1.29 is 4.74 Å². The summed E-state index contributed by atoms with van der Waals surface area (Å²) in [6.07, 6.45) is 8.63. The molecule has 2 nitrogen and oxygen atoms in total. The highest BCUT2D eigenvalue weighted by Gasteiger charge is 2.07. The van der Waals surface area contributed by atoms with Crippen LogP contribution in [-0.4, -0.2) is 11.6 Å². The van der Waals surface area contributed by atoms with Crippen molar-refractivity contribution in [2.24, 2.45) is 0 Å². The summed E-state index contributed by atoms with van der Waals surface area (Å²) < 4.78 is 5.86. The van der Waals surface area contributed by atoms with Crippen molar-refractivity contribution in [3.05, 3.63) is 59.5 Å². The molecule has 0 aliphatic rings. The van der Waals surface area contributed by atoms with Crippen LogP contribution in [0.25, 0.3) is 21.8 Å². The minimum absolute atomic E-state index is 0.804. The molecule has 0 amide bonds. The zero-order valence-corrected chi connectivity index (χ0v) is 17.9. The third-order valence-electron chi connectivity index (χ3n) is 4.91. The first-order valence-corrected chi connectivity index (χ1v) is 11.5. The molecule has 0 saturated heterocycles. The number of rotatable bonds is 11. The fraction of sp³-hybridized carbons (Fsp3) is 0.400. The predicted molar refractivity (Wildman–Crippen MR) is 121 cm³/mol. The number of nitrogens with zero attached hydrogens (tertiary/aromatic N) is 1. The highest BCUT2D eigenvalue weighted by Crippen LogP contribution is 2.30. The molecule has 0 radical (unpaired) electrons. The van der Waals surface area contributed by atoms with Gasteiger partial charge < -0.3 is 4.74 Å². The quantitative estimate of drug-likeness (QED) is 0.310. The van der Waals surface area contributed by atoms with Crippen LogP contribution in [0, 0.1) is 0 Å². The Labute approximate surface area is 173 Å². The molecule has 0 atom stereocenters. The summed E-state index contributed by atoms with van der Waals surface area (Å²) in [7, 11) is 0. The van der Waals surface area contributed by atoms with Crippen LogP contribution in [0.2, 0.25) is 0 Å². The number of benzene rings is 2. The molecule has 28 heavy (non-hydrogen) atoms. The van der Waals surface area contributed by atoms with Gasteiger partial charge in [0.25, 0.3) is 0 Å². The Morgan fingerprint density at radius 1 is 0.786 bits per heavy atom. The fourth-order valence-electron chi connectivity index (χ4n) is 3.26. The Morgan fingerprint density at radius 2 is 1.50 bits per heavy atom. The predicted octanol–water partition coefficient (Wildman–Crippen LogP) is 7.78. The Balaban J connectivity index is 1.56. The maximum absolute atomic E-state index is 5.86. The number of hydrogen-bond donors (Lipinski definition) is 0. The third-order valence-corrected chi connectivity index (χ3v) is 5.80. The molecule has 148 valence electrons. The molecule has 0 N–H and O–H groups in total. The molecule has 0 aliphatic heterocycles. The van der Waals surface area contributed by atoms with E-state index >= 15 is 0 Å². The van der Waals surface area contributed by atoms with Crippen LogP contribution in [0.5, 0.6) is 5.75 Å². The van der Waals surface area contributed by atoms with Gasteiger partial charge in [-0.25, -0.2) is 4.98 Å². The zero-order chi connectivity index (χ0) is 19.6. The molecule has 0 unspecified atom stereocenters. The molecule has 0 fully saturated rings. The number of ether oxygens (including phenoxy) is 1. The van der Waals surface area contributed by atoms with Gasteiger partial charge in [-0.15, -0.1) is 11.3 Å². The standard InChI is InChI=1S/C25H31NOS/c1-3-5-6-7-8-18-27-23-16-14-21(15-17-23)24-19-28-25(26-24)22-12-10-20(9-4-2)11-13-22/h10-17,19H,3-9,18H2,1-2H3. The lowest BCUT2D eigenvalue weighted by Gasteiger charge is -2.06. The van der Waals surface area contributed by atoms with E-state index in [-0.39, 0.29) is 0 Å². The summed E-state index contributed by atoms with van der Waals surface area (Å²) in [5.41, 5.74) is 4.76. The summed E-state index contributed by atoms with van der Waals surface area (Å²) >= 11 is 1.70. The summed E-state index contributed by atoms with van der Waals surface area (Å²) in [5.74, 6) is 0.946. The average molecular weight is 394 g/mol. The second-order valence-corrected chi connectivity index (χ2v) is 8.13. The van der Waals surface area contributed by atoms with Crippen LogP contribution in [0.4, 0.5) is 0 Å². The highest BCUT2D eigenvalue weighted by atomic mass is 32.1. The Hall–Kier alpha value is -2.13. The monoisotopic (exact) mass is 393 g/mol. The van der Waals surface area contributed by atoms with Gasteiger partial charge in [-0.05, 0) is 42.7 Å². The zero-order valence-electron chi connectivity index (χ0n) is 17.1. The van der Waals surface area contributed by atoms with Crippen LogP contribution < -0.4 is 4.74 Å². The second kappa shape index (κ2) is 11.0. The minimum Gasteiger partial charge on any atom is -0.494 e. The molecule has 0 aliphatic carbocycles. The number of thiazole rings is 1. The Bertz CT molecular complexity index is 821. The van der Waals surface area contributed by atoms with Gasteiger partial charge in [0.15, 0.2) is 0 Å². The average Bonchev–Trinajstić information content (AvgIpc) is 3.22. The van der Waals surface area contributed by atoms with Crippen molar-refractivity contribution in [2.75, 3.05) is 6.61 Å². The normalized spacial score (nSPS) is 10.9. The first kappa shape index (κ1) is 20.6. The molecule has 1 aromatic heterocycles. The van der Waals surface area contributed by atoms with E-state index in [0.29, 0.717) is 0 Å². The molecule has 0 saturated carbocycles. The van der Waals surface area contributed by atoms with Crippen molar-refractivity contribution in [3.63, 3.8) is 0 Å². The van der Waals surface area contributed by atoms with Gasteiger partial charge in [0, 0.05) is 16.5 Å². The summed E-state index contributed by atoms with van der Waals surface area (Å²) in [4.78, 5) is 4.84. The number of hydrogen-bond acceptors (Lipinski definition) is 3. The second-order valence-electron chi connectivity index (χ2n) is 7.27. The highest BCUT2D eigenvalue weighted by molar-refractivity contribution is 7.13. The van der Waals surface area contributed by atoms with Crippen LogP contribution >= 0.6 is 11.3 Å². The lowest BCUT2D eigenvalue weighted by molar-refractivity contribution is 0.304. The van der Waals surface area contributed by atoms with E-state index in [4.69, 9.17) is 9.72 Å². The molecule has 3 aromatic rings. The topological polar surface area (TPSA) is 22.1 Å². The van der Waals surface area contributed by atoms with Crippen LogP contribution in [0.3, 0.4) is 0 Å². The lowest BCUT2D eigenvalue weighted by atomic mass is 10.1. The van der Waals surface area contributed by atoms with Crippen molar-refractivity contribution in [3.8, 4) is 27.6 Å². The van der Waals surface area contributed by atoms with Gasteiger partial charge in [-0.3, -0.25) is 0 Å². The van der Waals surface area contributed by atoms with Crippen molar-refractivity contribution in [1.82, 2.24) is 4.98 Å². The van der Waals surface area contributed by atoms with Gasteiger partial charge in [0.1, 0.15) is 10.8 Å². The van der Waals surface area contributed by atoms with Gasteiger partial charge in [0.2, 0.25) is 0 Å². The Kier molecular flexibility index (Phi) is 8.10. The number of aromatic nitrogens is 1. The van der Waals surface area contributed by atoms with E-state index in [1.807, 2.05) is 0 Å². The molecule has 3 heteroatoms. The molecular weight excluding hydrogens is 362 g/mol. The summed E-state index contributed by atoms with van der Waals surface area (Å²) in [5, 5.41) is 3.21. The van der Waals surface area contributed by atoms with Crippen molar-refractivity contribution in [1.29, 1.82) is 0 Å². The van der Waals surface area contributed by atoms with E-state index in [1.54, 1.807) is 11.3 Å². The van der Waals surface area contributed by atoms with E-state index in [0.717, 1.165) is 41.5 Å². The fourth-order valence-corrected chi connectivity index (χ4v) is 4.09. The summed E-state index contributed by atoms with van der Waals surface area (Å²) in [6.45, 7) is 5.26. The number of aryl methyl sites for hydroxylation is 1. The van der Waals surface area contributed by atoms with E-state index in [1.165, 1.54) is 43.2 Å². The van der Waals surface area contributed by atoms with Crippen molar-refractivity contribution in [2.45, 2.75) is 58.8 Å². The first-order valence-electron chi connectivity index (χ1n) is 10.6. The van der Waals surface area contributed by atoms with E-state index < -0.39 is 0 Å². The van der Waals surface area contributed by atoms with Gasteiger partial charge in [0.05, 0.1) is 12.3 Å². The smallest absolute Gasteiger partial charge is 0.124 e. The lowest BCUT2D eigenvalue weighted by Crippen LogP contribution is -1.97. The SMILES string of the molecule is CCCCCCCOc1ccc(-c2csc(-c3ccc(CCC)cc3)n2)cc1. The first-order chi connectivity index (χ1) is 13.8. The Morgan fingerprint density at radius 3 is 2.21 bits per heavy atom. The van der Waals surface area contributed by atoms with Crippen LogP contribution in [-0.2, 0) is 6.42 Å². The minimum atomic E-state index is 0.804.